The second-order valence-corrected chi connectivity index (χ2v) is 3.81. The highest BCUT2D eigenvalue weighted by molar-refractivity contribution is 5.84. The summed E-state index contributed by atoms with van der Waals surface area (Å²) >= 11 is 0. The molecule has 0 bridgehead atoms. The molecule has 16 heavy (non-hydrogen) atoms. The van der Waals surface area contributed by atoms with Gasteiger partial charge < -0.3 is 20.5 Å². The zero-order valence-corrected chi connectivity index (χ0v) is 9.43. The lowest BCUT2D eigenvalue weighted by molar-refractivity contribution is -0.614. The maximum Gasteiger partial charge on any atom is 0.379 e. The summed E-state index contributed by atoms with van der Waals surface area (Å²) in [6.45, 7) is 3.40. The number of rotatable bonds is 5. The second kappa shape index (κ2) is 5.46. The minimum absolute atomic E-state index is 0.0539. The minimum Gasteiger partial charge on any atom is -0.616 e. The van der Waals surface area contributed by atoms with Crippen LogP contribution >= 0.6 is 0 Å². The Balaban J connectivity index is 2.78. The lowest BCUT2D eigenvalue weighted by Gasteiger charge is -2.10. The van der Waals surface area contributed by atoms with Gasteiger partial charge in [-0.15, -0.1) is 4.73 Å². The van der Waals surface area contributed by atoms with E-state index in [4.69, 9.17) is 15.3 Å². The highest BCUT2D eigenvalue weighted by atomic mass is 16.6. The van der Waals surface area contributed by atoms with Crippen molar-refractivity contribution in [1.82, 2.24) is 0 Å². The van der Waals surface area contributed by atoms with E-state index in [-0.39, 0.29) is 30.7 Å². The fraction of sp³-hybridized carbons (Fsp3) is 0.455. The number of hydrogen-bond donors (Lipinski definition) is 2. The van der Waals surface area contributed by atoms with Crippen LogP contribution < -0.4 is 9.47 Å². The molecule has 1 aromatic rings. The van der Waals surface area contributed by atoms with Gasteiger partial charge in [-0.25, -0.2) is 0 Å². The molecule has 5 nitrogen and oxygen atoms in total. The molecular weight excluding hydrogens is 208 g/mol. The summed E-state index contributed by atoms with van der Waals surface area (Å²) in [6.07, 6.45) is 1.59. The summed E-state index contributed by atoms with van der Waals surface area (Å²) in [5.74, 6) is 0.245. The number of aliphatic hydroxyl groups is 1. The first kappa shape index (κ1) is 12.4. The van der Waals surface area contributed by atoms with Gasteiger partial charge in [0.15, 0.2) is 6.20 Å². The van der Waals surface area contributed by atoms with Crippen LogP contribution in [0.5, 0.6) is 5.88 Å². The zero-order chi connectivity index (χ0) is 12.1. The number of hydrogen-bond acceptors (Lipinski definition) is 4. The molecule has 5 heteroatoms. The van der Waals surface area contributed by atoms with Crippen molar-refractivity contribution in [3.63, 3.8) is 0 Å². The van der Waals surface area contributed by atoms with E-state index in [9.17, 15) is 5.21 Å². The molecule has 0 saturated carbocycles. The molecule has 0 aliphatic heterocycles. The van der Waals surface area contributed by atoms with E-state index >= 15 is 0 Å². The molecule has 0 saturated heterocycles. The molecule has 0 fully saturated rings. The molecule has 0 unspecified atom stereocenters. The van der Waals surface area contributed by atoms with Gasteiger partial charge in [-0.1, -0.05) is 0 Å². The number of ether oxygens (including phenoxy) is 1. The maximum atomic E-state index is 11.5. The predicted octanol–water partition coefficient (Wildman–Crippen LogP) is 0.662. The molecule has 0 aromatic carbocycles. The Morgan fingerprint density at radius 3 is 2.75 bits per heavy atom. The molecule has 0 spiro atoms. The van der Waals surface area contributed by atoms with Crippen molar-refractivity contribution < 1.29 is 14.6 Å². The second-order valence-electron chi connectivity index (χ2n) is 3.81. The third kappa shape index (κ3) is 3.51. The molecule has 0 aliphatic carbocycles. The van der Waals surface area contributed by atoms with Crippen LogP contribution in [0.2, 0.25) is 0 Å². The third-order valence-corrected chi connectivity index (χ3v) is 1.91. The Morgan fingerprint density at radius 1 is 1.56 bits per heavy atom. The SMILES string of the molecule is CC(C)Oc1ccc(CC(=N)CO)c[n+]1[O-]. The highest BCUT2D eigenvalue weighted by Gasteiger charge is 2.10. The van der Waals surface area contributed by atoms with Gasteiger partial charge in [0.25, 0.3) is 0 Å². The Hall–Kier alpha value is -1.62. The first-order valence-corrected chi connectivity index (χ1v) is 5.09. The summed E-state index contributed by atoms with van der Waals surface area (Å²) in [5, 5.41) is 27.5. The lowest BCUT2D eigenvalue weighted by atomic mass is 10.1. The molecule has 0 amide bonds. The molecule has 88 valence electrons. The van der Waals surface area contributed by atoms with E-state index < -0.39 is 0 Å². The highest BCUT2D eigenvalue weighted by Crippen LogP contribution is 2.08. The Kier molecular flexibility index (Phi) is 4.25. The lowest BCUT2D eigenvalue weighted by Crippen LogP contribution is -2.31. The van der Waals surface area contributed by atoms with Gasteiger partial charge in [-0.3, -0.25) is 0 Å². The molecule has 0 atom stereocenters. The van der Waals surface area contributed by atoms with E-state index in [1.165, 1.54) is 6.20 Å². The molecule has 1 heterocycles. The standard InChI is InChI=1S/C11H16N2O3/c1-8(2)16-11-4-3-9(6-13(11)15)5-10(12)7-14/h3-4,6,8,12,14H,5,7H2,1-2H3. The monoisotopic (exact) mass is 224 g/mol. The number of nitrogens with one attached hydrogen (secondary N) is 1. The maximum absolute atomic E-state index is 11.5. The molecule has 0 aliphatic rings. The van der Waals surface area contributed by atoms with Crippen LogP contribution in [0.3, 0.4) is 0 Å². The van der Waals surface area contributed by atoms with E-state index in [2.05, 4.69) is 0 Å². The van der Waals surface area contributed by atoms with E-state index in [0.29, 0.717) is 10.3 Å². The third-order valence-electron chi connectivity index (χ3n) is 1.91. The fourth-order valence-electron chi connectivity index (χ4n) is 1.25. The number of aliphatic hydroxyl groups excluding tert-OH is 1. The van der Waals surface area contributed by atoms with Crippen LogP contribution in [0, 0.1) is 10.6 Å². The van der Waals surface area contributed by atoms with Crippen molar-refractivity contribution >= 4 is 5.71 Å². The van der Waals surface area contributed by atoms with Gasteiger partial charge in [-0.2, -0.15) is 0 Å². The van der Waals surface area contributed by atoms with Crippen molar-refractivity contribution in [1.29, 1.82) is 5.41 Å². The number of pyridine rings is 1. The van der Waals surface area contributed by atoms with Crippen LogP contribution in [0.4, 0.5) is 0 Å². The normalized spacial score (nSPS) is 10.5. The average Bonchev–Trinajstić information content (AvgIpc) is 2.21. The van der Waals surface area contributed by atoms with Gasteiger partial charge in [0.2, 0.25) is 0 Å². The summed E-state index contributed by atoms with van der Waals surface area (Å²) in [5.41, 5.74) is 0.864. The summed E-state index contributed by atoms with van der Waals surface area (Å²) in [4.78, 5) is 0. The van der Waals surface area contributed by atoms with Crippen LogP contribution in [0.25, 0.3) is 0 Å². The molecule has 0 radical (unpaired) electrons. The van der Waals surface area contributed by atoms with Gasteiger partial charge in [0.05, 0.1) is 18.8 Å². The molecule has 1 aromatic heterocycles. The van der Waals surface area contributed by atoms with Crippen molar-refractivity contribution in [3.05, 3.63) is 29.1 Å². The van der Waals surface area contributed by atoms with Gasteiger partial charge >= 0.3 is 5.88 Å². The Labute approximate surface area is 94.4 Å². The van der Waals surface area contributed by atoms with Gasteiger partial charge in [0.1, 0.15) is 0 Å². The van der Waals surface area contributed by atoms with Crippen molar-refractivity contribution in [3.8, 4) is 5.88 Å². The minimum atomic E-state index is -0.289. The number of nitrogens with zero attached hydrogens (tertiary/aromatic N) is 1. The van der Waals surface area contributed by atoms with Crippen LogP contribution in [-0.4, -0.2) is 23.5 Å². The smallest absolute Gasteiger partial charge is 0.379 e. The van der Waals surface area contributed by atoms with E-state index in [1.807, 2.05) is 13.8 Å². The topological polar surface area (TPSA) is 80.2 Å². The molecule has 1 rings (SSSR count). The number of aromatic nitrogens is 1. The Morgan fingerprint density at radius 2 is 2.25 bits per heavy atom. The largest absolute Gasteiger partial charge is 0.616 e. The van der Waals surface area contributed by atoms with Crippen LogP contribution in [-0.2, 0) is 6.42 Å². The fourth-order valence-corrected chi connectivity index (χ4v) is 1.25. The van der Waals surface area contributed by atoms with E-state index in [0.717, 1.165) is 0 Å². The molecule has 2 N–H and O–H groups in total. The zero-order valence-electron chi connectivity index (χ0n) is 9.43. The van der Waals surface area contributed by atoms with Crippen LogP contribution in [0.15, 0.2) is 18.3 Å². The molecular formula is C11H16N2O3. The van der Waals surface area contributed by atoms with Crippen LogP contribution in [0.1, 0.15) is 19.4 Å². The van der Waals surface area contributed by atoms with Gasteiger partial charge in [-0.05, 0) is 19.9 Å². The van der Waals surface area contributed by atoms with Crippen molar-refractivity contribution in [2.75, 3.05) is 6.61 Å². The summed E-state index contributed by atoms with van der Waals surface area (Å²) in [7, 11) is 0. The Bertz CT molecular complexity index is 377. The average molecular weight is 224 g/mol. The predicted molar refractivity (Wildman–Crippen MR) is 59.7 cm³/mol. The summed E-state index contributed by atoms with van der Waals surface area (Å²) in [6, 6.07) is 3.29. The first-order valence-electron chi connectivity index (χ1n) is 5.09. The van der Waals surface area contributed by atoms with E-state index in [1.54, 1.807) is 12.1 Å². The first-order chi connectivity index (χ1) is 7.52. The van der Waals surface area contributed by atoms with Gasteiger partial charge in [0, 0.05) is 17.7 Å². The summed E-state index contributed by atoms with van der Waals surface area (Å²) < 4.78 is 5.92. The van der Waals surface area contributed by atoms with Crippen molar-refractivity contribution in [2.45, 2.75) is 26.4 Å². The quantitative estimate of drug-likeness (QED) is 0.438. The van der Waals surface area contributed by atoms with Crippen molar-refractivity contribution in [2.24, 2.45) is 0 Å².